The Bertz CT molecular complexity index is 566. The molecule has 0 spiro atoms. The number of aliphatic imine (C=N–C) groups is 1. The summed E-state index contributed by atoms with van der Waals surface area (Å²) in [6.07, 6.45) is 0. The predicted molar refractivity (Wildman–Crippen MR) is 92.6 cm³/mol. The fourth-order valence-electron chi connectivity index (χ4n) is 1.46. The van der Waals surface area contributed by atoms with Gasteiger partial charge in [0.05, 0.1) is 12.3 Å². The van der Waals surface area contributed by atoms with Gasteiger partial charge in [-0.25, -0.2) is 22.9 Å². The average molecular weight is 430 g/mol. The van der Waals surface area contributed by atoms with E-state index in [2.05, 4.69) is 15.6 Å². The molecule has 0 bridgehead atoms. The van der Waals surface area contributed by atoms with Gasteiger partial charge in [-0.05, 0) is 24.6 Å². The fourth-order valence-corrected chi connectivity index (χ4v) is 1.85. The van der Waals surface area contributed by atoms with Gasteiger partial charge in [-0.15, -0.1) is 24.0 Å². The maximum absolute atomic E-state index is 13.0. The summed E-state index contributed by atoms with van der Waals surface area (Å²) < 4.78 is 34.7. The van der Waals surface area contributed by atoms with Gasteiger partial charge in [0.25, 0.3) is 0 Å². The van der Waals surface area contributed by atoms with Gasteiger partial charge in [0.15, 0.2) is 5.96 Å². The van der Waals surface area contributed by atoms with Crippen molar-refractivity contribution in [3.63, 3.8) is 0 Å². The Kier molecular flexibility index (Phi) is 9.46. The van der Waals surface area contributed by atoms with Crippen molar-refractivity contribution >= 4 is 40.0 Å². The monoisotopic (exact) mass is 430 g/mol. The van der Waals surface area contributed by atoms with Gasteiger partial charge >= 0.3 is 0 Å². The smallest absolute Gasteiger partial charge is 0.210 e. The molecule has 9 heteroatoms. The zero-order chi connectivity index (χ0) is 15.0. The highest BCUT2D eigenvalue weighted by Gasteiger charge is 2.03. The molecule has 0 aromatic heterocycles. The highest BCUT2D eigenvalue weighted by molar-refractivity contribution is 14.0. The lowest BCUT2D eigenvalue weighted by molar-refractivity contribution is 0.596. The van der Waals surface area contributed by atoms with E-state index in [0.717, 1.165) is 5.56 Å². The van der Waals surface area contributed by atoms with Crippen molar-refractivity contribution in [3.8, 4) is 0 Å². The minimum Gasteiger partial charge on any atom is -0.357 e. The van der Waals surface area contributed by atoms with Crippen LogP contribution in [0.4, 0.5) is 4.39 Å². The number of hydrogen-bond acceptors (Lipinski definition) is 3. The van der Waals surface area contributed by atoms with E-state index in [4.69, 9.17) is 5.14 Å². The number of nitrogens with two attached hydrogens (primary N) is 1. The zero-order valence-corrected chi connectivity index (χ0v) is 14.8. The first-order chi connectivity index (χ1) is 9.40. The number of nitrogens with one attached hydrogen (secondary N) is 2. The van der Waals surface area contributed by atoms with Crippen molar-refractivity contribution in [3.05, 3.63) is 35.6 Å². The summed E-state index contributed by atoms with van der Waals surface area (Å²) in [6, 6.07) is 6.14. The van der Waals surface area contributed by atoms with Crippen molar-refractivity contribution in [2.24, 2.45) is 10.1 Å². The summed E-state index contributed by atoms with van der Waals surface area (Å²) in [5, 5.41) is 10.7. The van der Waals surface area contributed by atoms with Crippen LogP contribution in [0.5, 0.6) is 0 Å². The summed E-state index contributed by atoms with van der Waals surface area (Å²) in [7, 11) is -3.50. The number of benzene rings is 1. The second-order valence-electron chi connectivity index (χ2n) is 4.12. The van der Waals surface area contributed by atoms with Crippen LogP contribution in [0.1, 0.15) is 12.5 Å². The molecule has 0 amide bonds. The topological polar surface area (TPSA) is 96.6 Å². The molecule has 0 saturated carbocycles. The largest absolute Gasteiger partial charge is 0.357 e. The van der Waals surface area contributed by atoms with Crippen molar-refractivity contribution in [1.29, 1.82) is 0 Å². The minimum atomic E-state index is -3.50. The second kappa shape index (κ2) is 9.90. The standard InChI is InChI=1S/C12H19FN4O2S.HI/c1-2-15-12(16-6-7-20(14,18)19)17-9-10-4-3-5-11(13)8-10;/h3-5,8H,2,6-7,9H2,1H3,(H2,14,18,19)(H2,15,16,17);1H. The number of nitrogens with zero attached hydrogens (tertiary/aromatic N) is 1. The Hall–Kier alpha value is -0.940. The van der Waals surface area contributed by atoms with E-state index in [9.17, 15) is 12.8 Å². The maximum atomic E-state index is 13.0. The van der Waals surface area contributed by atoms with E-state index >= 15 is 0 Å². The number of guanidine groups is 1. The van der Waals surface area contributed by atoms with Crippen molar-refractivity contribution in [1.82, 2.24) is 10.6 Å². The molecular formula is C12H20FIN4O2S. The molecule has 0 heterocycles. The van der Waals surface area contributed by atoms with Gasteiger partial charge < -0.3 is 10.6 Å². The molecule has 1 aromatic rings. The summed E-state index contributed by atoms with van der Waals surface area (Å²) >= 11 is 0. The zero-order valence-electron chi connectivity index (χ0n) is 11.7. The molecule has 0 fully saturated rings. The number of sulfonamides is 1. The predicted octanol–water partition coefficient (Wildman–Crippen LogP) is 0.787. The lowest BCUT2D eigenvalue weighted by Gasteiger charge is -2.10. The van der Waals surface area contributed by atoms with Crippen LogP contribution in [0.25, 0.3) is 0 Å². The first-order valence-electron chi connectivity index (χ1n) is 6.18. The van der Waals surface area contributed by atoms with Crippen LogP contribution in [-0.2, 0) is 16.6 Å². The van der Waals surface area contributed by atoms with Crippen molar-refractivity contribution in [2.75, 3.05) is 18.8 Å². The highest BCUT2D eigenvalue weighted by atomic mass is 127. The van der Waals surface area contributed by atoms with Crippen LogP contribution in [-0.4, -0.2) is 33.2 Å². The molecule has 0 aliphatic carbocycles. The molecule has 1 aromatic carbocycles. The van der Waals surface area contributed by atoms with E-state index < -0.39 is 10.0 Å². The Labute approximate surface area is 141 Å². The average Bonchev–Trinajstić information content (AvgIpc) is 2.34. The SMILES string of the molecule is CCNC(=NCc1cccc(F)c1)NCCS(N)(=O)=O.I. The van der Waals surface area contributed by atoms with Gasteiger partial charge in [-0.3, -0.25) is 0 Å². The quantitative estimate of drug-likeness (QED) is 0.353. The van der Waals surface area contributed by atoms with E-state index in [0.29, 0.717) is 19.0 Å². The summed E-state index contributed by atoms with van der Waals surface area (Å²) in [6.45, 7) is 2.97. The molecule has 120 valence electrons. The molecule has 0 atom stereocenters. The molecule has 0 radical (unpaired) electrons. The lowest BCUT2D eigenvalue weighted by Crippen LogP contribution is -2.40. The van der Waals surface area contributed by atoms with Gasteiger partial charge in [0.2, 0.25) is 10.0 Å². The van der Waals surface area contributed by atoms with Crippen LogP contribution in [0.15, 0.2) is 29.3 Å². The molecular weight excluding hydrogens is 410 g/mol. The third-order valence-corrected chi connectivity index (χ3v) is 3.11. The Morgan fingerprint density at radius 2 is 2.10 bits per heavy atom. The number of primary sulfonamides is 1. The molecule has 0 saturated heterocycles. The maximum Gasteiger partial charge on any atom is 0.210 e. The highest BCUT2D eigenvalue weighted by Crippen LogP contribution is 2.04. The molecule has 21 heavy (non-hydrogen) atoms. The first-order valence-corrected chi connectivity index (χ1v) is 7.89. The molecule has 0 aliphatic rings. The normalized spacial score (nSPS) is 11.7. The van der Waals surface area contributed by atoms with E-state index in [1.807, 2.05) is 6.92 Å². The van der Waals surface area contributed by atoms with E-state index in [1.54, 1.807) is 12.1 Å². The van der Waals surface area contributed by atoms with Crippen LogP contribution in [0, 0.1) is 5.82 Å². The summed E-state index contributed by atoms with van der Waals surface area (Å²) in [5.74, 6) is -0.0394. The van der Waals surface area contributed by atoms with Gasteiger partial charge in [0.1, 0.15) is 5.82 Å². The van der Waals surface area contributed by atoms with Crippen LogP contribution >= 0.6 is 24.0 Å². The van der Waals surface area contributed by atoms with Crippen LogP contribution in [0.2, 0.25) is 0 Å². The number of hydrogen-bond donors (Lipinski definition) is 3. The van der Waals surface area contributed by atoms with Crippen LogP contribution in [0.3, 0.4) is 0 Å². The Balaban J connectivity index is 0.00000400. The molecule has 0 unspecified atom stereocenters. The van der Waals surface area contributed by atoms with Crippen molar-refractivity contribution in [2.45, 2.75) is 13.5 Å². The molecule has 4 N–H and O–H groups in total. The van der Waals surface area contributed by atoms with Gasteiger partial charge in [0, 0.05) is 13.1 Å². The third-order valence-electron chi connectivity index (χ3n) is 2.33. The lowest BCUT2D eigenvalue weighted by atomic mass is 10.2. The molecule has 0 aliphatic heterocycles. The third kappa shape index (κ3) is 9.58. The molecule has 1 rings (SSSR count). The summed E-state index contributed by atoms with van der Waals surface area (Å²) in [4.78, 5) is 4.24. The number of rotatable bonds is 6. The van der Waals surface area contributed by atoms with Gasteiger partial charge in [-0.1, -0.05) is 12.1 Å². The summed E-state index contributed by atoms with van der Waals surface area (Å²) in [5.41, 5.74) is 0.730. The fraction of sp³-hybridized carbons (Fsp3) is 0.417. The first kappa shape index (κ1) is 20.1. The second-order valence-corrected chi connectivity index (χ2v) is 5.85. The Morgan fingerprint density at radius 3 is 2.67 bits per heavy atom. The van der Waals surface area contributed by atoms with Crippen molar-refractivity contribution < 1.29 is 12.8 Å². The number of halogens is 2. The van der Waals surface area contributed by atoms with E-state index in [1.165, 1.54) is 12.1 Å². The van der Waals surface area contributed by atoms with E-state index in [-0.39, 0.29) is 42.1 Å². The minimum absolute atomic E-state index is 0. The Morgan fingerprint density at radius 1 is 1.38 bits per heavy atom. The van der Waals surface area contributed by atoms with Crippen LogP contribution < -0.4 is 15.8 Å². The van der Waals surface area contributed by atoms with Gasteiger partial charge in [-0.2, -0.15) is 0 Å². The molecule has 6 nitrogen and oxygen atoms in total.